The van der Waals surface area contributed by atoms with Crippen molar-refractivity contribution in [3.05, 3.63) is 151 Å². The first-order valence-corrected chi connectivity index (χ1v) is 15.6. The summed E-state index contributed by atoms with van der Waals surface area (Å²) in [5, 5.41) is 6.83. The van der Waals surface area contributed by atoms with Crippen molar-refractivity contribution in [1.29, 1.82) is 0 Å². The fourth-order valence-electron chi connectivity index (χ4n) is 6.21. The van der Waals surface area contributed by atoms with Gasteiger partial charge in [0.25, 0.3) is 0 Å². The SMILES string of the molecule is COc1ccnc(-n2c3[c-]c(Oc4[c-]c(-n5cc(-c6c(C)cc(Oc7ccccc7)cc6C)cn5)ccc4)ccc3c3ccccc32)c1.[Pt+2]. The van der Waals surface area contributed by atoms with Gasteiger partial charge in [0.15, 0.2) is 0 Å². The Morgan fingerprint density at radius 1 is 0.673 bits per heavy atom. The number of methoxy groups -OCH3 is 1. The van der Waals surface area contributed by atoms with Crippen molar-refractivity contribution >= 4 is 21.8 Å². The van der Waals surface area contributed by atoms with Crippen LogP contribution in [0.2, 0.25) is 0 Å². The van der Waals surface area contributed by atoms with Crippen molar-refractivity contribution in [3.63, 3.8) is 0 Å². The molecule has 0 N–H and O–H groups in total. The molecule has 3 heterocycles. The van der Waals surface area contributed by atoms with E-state index in [1.54, 1.807) is 13.3 Å². The molecule has 7 nitrogen and oxygen atoms in total. The monoisotopic (exact) mass is 821 g/mol. The van der Waals surface area contributed by atoms with Gasteiger partial charge in [0.2, 0.25) is 0 Å². The third-order valence-corrected chi connectivity index (χ3v) is 8.31. The Morgan fingerprint density at radius 3 is 2.27 bits per heavy atom. The molecule has 0 radical (unpaired) electrons. The van der Waals surface area contributed by atoms with E-state index in [4.69, 9.17) is 14.2 Å². The van der Waals surface area contributed by atoms with E-state index in [9.17, 15) is 0 Å². The number of ether oxygens (including phenoxy) is 3. The van der Waals surface area contributed by atoms with Gasteiger partial charge in [-0.05, 0) is 78.0 Å². The summed E-state index contributed by atoms with van der Waals surface area (Å²) in [6.07, 6.45) is 5.64. The molecule has 8 aromatic rings. The molecule has 0 unspecified atom stereocenters. The van der Waals surface area contributed by atoms with Crippen LogP contribution in [-0.4, -0.2) is 26.4 Å². The van der Waals surface area contributed by atoms with Crippen LogP contribution >= 0.6 is 0 Å². The van der Waals surface area contributed by atoms with Crippen LogP contribution in [0.4, 0.5) is 0 Å². The first kappa shape index (κ1) is 31.9. The average molecular weight is 822 g/mol. The summed E-state index contributed by atoms with van der Waals surface area (Å²) in [6.45, 7) is 4.18. The molecule has 0 atom stereocenters. The number of hydrogen-bond acceptors (Lipinski definition) is 5. The Kier molecular flexibility index (Phi) is 8.77. The van der Waals surface area contributed by atoms with Crippen molar-refractivity contribution < 1.29 is 35.3 Å². The number of pyridine rings is 1. The summed E-state index contributed by atoms with van der Waals surface area (Å²) < 4.78 is 21.8. The van der Waals surface area contributed by atoms with Crippen LogP contribution in [0.25, 0.3) is 44.4 Å². The molecule has 49 heavy (non-hydrogen) atoms. The molecule has 3 aromatic heterocycles. The second-order valence-corrected chi connectivity index (χ2v) is 11.5. The Labute approximate surface area is 298 Å². The maximum atomic E-state index is 6.35. The number of aryl methyl sites for hydroxylation is 2. The van der Waals surface area contributed by atoms with Crippen molar-refractivity contribution in [2.45, 2.75) is 13.8 Å². The van der Waals surface area contributed by atoms with Gasteiger partial charge in [-0.15, -0.1) is 35.7 Å². The smallest absolute Gasteiger partial charge is 0.509 e. The van der Waals surface area contributed by atoms with Crippen LogP contribution in [0.5, 0.6) is 28.7 Å². The molecular formula is C41H30N4O3Pt. The van der Waals surface area contributed by atoms with Crippen LogP contribution in [0.15, 0.2) is 128 Å². The number of fused-ring (bicyclic) bond motifs is 3. The zero-order chi connectivity index (χ0) is 32.6. The van der Waals surface area contributed by atoms with Crippen LogP contribution in [0.1, 0.15) is 11.1 Å². The molecule has 0 amide bonds. The van der Waals surface area contributed by atoms with Gasteiger partial charge in [-0.25, -0.2) is 4.98 Å². The summed E-state index contributed by atoms with van der Waals surface area (Å²) >= 11 is 0. The molecule has 8 heteroatoms. The van der Waals surface area contributed by atoms with Crippen LogP contribution in [0, 0.1) is 26.0 Å². The zero-order valence-corrected chi connectivity index (χ0v) is 29.2. The van der Waals surface area contributed by atoms with Gasteiger partial charge in [0.05, 0.1) is 13.3 Å². The van der Waals surface area contributed by atoms with E-state index in [2.05, 4.69) is 71.0 Å². The van der Waals surface area contributed by atoms with Gasteiger partial charge in [0, 0.05) is 41.0 Å². The number of aromatic nitrogens is 4. The molecule has 0 spiro atoms. The van der Waals surface area contributed by atoms with E-state index in [0.29, 0.717) is 11.5 Å². The van der Waals surface area contributed by atoms with Crippen LogP contribution < -0.4 is 14.2 Å². The number of benzene rings is 5. The van der Waals surface area contributed by atoms with Gasteiger partial charge >= 0.3 is 21.1 Å². The second kappa shape index (κ2) is 13.5. The predicted octanol–water partition coefficient (Wildman–Crippen LogP) is 9.84. The summed E-state index contributed by atoms with van der Waals surface area (Å²) in [5.41, 5.74) is 6.98. The maximum absolute atomic E-state index is 6.35. The summed E-state index contributed by atoms with van der Waals surface area (Å²) in [6, 6.07) is 42.6. The van der Waals surface area contributed by atoms with Gasteiger partial charge in [-0.1, -0.05) is 41.9 Å². The first-order valence-electron chi connectivity index (χ1n) is 15.6. The second-order valence-electron chi connectivity index (χ2n) is 11.5. The van der Waals surface area contributed by atoms with Crippen LogP contribution in [-0.2, 0) is 21.1 Å². The number of nitrogens with zero attached hydrogens (tertiary/aromatic N) is 4. The van der Waals surface area contributed by atoms with E-state index in [1.807, 2.05) is 95.9 Å². The van der Waals surface area contributed by atoms with Crippen LogP contribution in [0.3, 0.4) is 0 Å². The Hall–Kier alpha value is -5.65. The molecule has 8 rings (SSSR count). The Morgan fingerprint density at radius 2 is 1.45 bits per heavy atom. The van der Waals surface area contributed by atoms with Gasteiger partial charge in [0.1, 0.15) is 23.1 Å². The molecule has 0 saturated heterocycles. The molecule has 0 bridgehead atoms. The summed E-state index contributed by atoms with van der Waals surface area (Å²) in [7, 11) is 1.65. The van der Waals surface area contributed by atoms with Crippen molar-refractivity contribution in [1.82, 2.24) is 19.3 Å². The third-order valence-electron chi connectivity index (χ3n) is 8.31. The molecule has 0 aliphatic rings. The number of para-hydroxylation sites is 2. The minimum Gasteiger partial charge on any atom is -0.509 e. The molecule has 0 fully saturated rings. The van der Waals surface area contributed by atoms with Gasteiger partial charge in [-0.3, -0.25) is 4.68 Å². The first-order chi connectivity index (χ1) is 23.5. The predicted molar refractivity (Wildman–Crippen MR) is 188 cm³/mol. The van der Waals surface area contributed by atoms with Crippen molar-refractivity contribution in [2.75, 3.05) is 7.11 Å². The molecule has 0 aliphatic carbocycles. The van der Waals surface area contributed by atoms with E-state index in [1.165, 1.54) is 0 Å². The topological polar surface area (TPSA) is 63.3 Å². The standard InChI is InChI=1S/C41H30N4O3.Pt/c1-27-20-35(47-31-11-5-4-6-12-31)21-28(2)41(27)29-25-43-44(26-29)30-10-9-13-33(22-30)48-34-16-17-37-36-14-7-8-15-38(36)45(39(37)23-34)40-24-32(46-3)18-19-42-40;/h4-21,24-26H,1-3H3;/q-2;+2. The zero-order valence-electron chi connectivity index (χ0n) is 27.0. The molecular weight excluding hydrogens is 792 g/mol. The van der Waals surface area contributed by atoms with Gasteiger partial charge < -0.3 is 18.8 Å². The van der Waals surface area contributed by atoms with Gasteiger partial charge in [-0.2, -0.15) is 17.2 Å². The minimum absolute atomic E-state index is 0. The number of hydrogen-bond donors (Lipinski definition) is 0. The molecule has 0 aliphatic heterocycles. The fraction of sp³-hybridized carbons (Fsp3) is 0.0732. The van der Waals surface area contributed by atoms with E-state index >= 15 is 0 Å². The van der Waals surface area contributed by atoms with Crippen molar-refractivity contribution in [2.24, 2.45) is 0 Å². The fourth-order valence-corrected chi connectivity index (χ4v) is 6.21. The normalized spacial score (nSPS) is 11.0. The Balaban J connectivity index is 0.00000378. The maximum Gasteiger partial charge on any atom is 2.00 e. The molecule has 5 aromatic carbocycles. The minimum atomic E-state index is 0. The number of rotatable bonds is 8. The Bertz CT molecular complexity index is 2410. The molecule has 242 valence electrons. The van der Waals surface area contributed by atoms with E-state index in [0.717, 1.165) is 72.8 Å². The summed E-state index contributed by atoms with van der Waals surface area (Å²) in [5.74, 6) is 4.20. The van der Waals surface area contributed by atoms with E-state index < -0.39 is 0 Å². The van der Waals surface area contributed by atoms with E-state index in [-0.39, 0.29) is 21.1 Å². The third kappa shape index (κ3) is 6.21. The van der Waals surface area contributed by atoms with Crippen molar-refractivity contribution in [3.8, 4) is 51.4 Å². The quantitative estimate of drug-likeness (QED) is 0.143. The summed E-state index contributed by atoms with van der Waals surface area (Å²) in [4.78, 5) is 4.64. The molecule has 0 saturated carbocycles. The largest absolute Gasteiger partial charge is 2.00 e. The average Bonchev–Trinajstić information content (AvgIpc) is 3.72.